The van der Waals surface area contributed by atoms with Crippen LogP contribution in [0.4, 0.5) is 5.69 Å². The number of ether oxygens (including phenoxy) is 1. The molecule has 0 spiro atoms. The summed E-state index contributed by atoms with van der Waals surface area (Å²) in [6, 6.07) is 21.5. The largest absolute Gasteiger partial charge is 0.451 e. The van der Waals surface area contributed by atoms with Crippen molar-refractivity contribution >= 4 is 40.2 Å². The number of rotatable bonds is 6. The van der Waals surface area contributed by atoms with Crippen molar-refractivity contribution in [3.05, 3.63) is 107 Å². The number of hydrogen-bond acceptors (Lipinski definition) is 6. The van der Waals surface area contributed by atoms with Crippen LogP contribution in [0.25, 0.3) is 22.2 Å². The first-order valence-electron chi connectivity index (χ1n) is 14.6. The molecule has 43 heavy (non-hydrogen) atoms. The van der Waals surface area contributed by atoms with Gasteiger partial charge in [0.2, 0.25) is 17.6 Å². The number of anilines is 1. The zero-order chi connectivity index (χ0) is 30.0. The Labute approximate surface area is 249 Å². The standard InChI is InChI=1S/C36H30N2O5/c1-19-7-9-23(10-8-19)33(39)21(3)43-36(42)28-18-29(37-32-20(2)5-4-6-27(28)32)22-13-15-26(16-14-22)38-34(40)30-24-11-12-25(17-24)31(30)35(38)41/h4-16,18,21,24-25,30-31H,17H2,1-3H3/t21-,24-,25+,30-,31-/m0/s1. The lowest BCUT2D eigenvalue weighted by Crippen LogP contribution is -2.32. The molecule has 1 aliphatic heterocycles. The number of esters is 1. The maximum Gasteiger partial charge on any atom is 0.339 e. The third-order valence-electron chi connectivity index (χ3n) is 9.14. The van der Waals surface area contributed by atoms with Crippen molar-refractivity contribution < 1.29 is 23.9 Å². The van der Waals surface area contributed by atoms with Crippen molar-refractivity contribution in [2.24, 2.45) is 23.7 Å². The summed E-state index contributed by atoms with van der Waals surface area (Å²) in [6.07, 6.45) is 4.07. The van der Waals surface area contributed by atoms with E-state index in [1.165, 1.54) is 4.90 Å². The van der Waals surface area contributed by atoms with Gasteiger partial charge >= 0.3 is 5.97 Å². The molecule has 214 valence electrons. The summed E-state index contributed by atoms with van der Waals surface area (Å²) in [6.45, 7) is 5.44. The monoisotopic (exact) mass is 570 g/mol. The number of hydrogen-bond donors (Lipinski definition) is 0. The molecule has 2 aliphatic carbocycles. The lowest BCUT2D eigenvalue weighted by Gasteiger charge is -2.18. The SMILES string of the molecule is Cc1ccc(C(=O)[C@H](C)OC(=O)c2cc(-c3ccc(N4C(=O)[C@@H]5[C@@H](C4=O)[C@H]4C=C[C@@H]5C4)cc3)nc3c(C)cccc23)cc1. The normalized spacial score (nSPS) is 22.7. The van der Waals surface area contributed by atoms with Crippen LogP contribution in [0.3, 0.4) is 0 Å². The fraction of sp³-hybridized carbons (Fsp3) is 0.250. The Hall–Kier alpha value is -4.91. The number of carbonyl (C=O) groups excluding carboxylic acids is 4. The first-order chi connectivity index (χ1) is 20.7. The van der Waals surface area contributed by atoms with E-state index in [4.69, 9.17) is 9.72 Å². The number of carbonyl (C=O) groups is 4. The number of para-hydroxylation sites is 1. The number of benzene rings is 3. The number of nitrogens with zero attached hydrogens (tertiary/aromatic N) is 2. The summed E-state index contributed by atoms with van der Waals surface area (Å²) in [5.41, 5.74) is 5.13. The van der Waals surface area contributed by atoms with Crippen LogP contribution >= 0.6 is 0 Å². The third-order valence-corrected chi connectivity index (χ3v) is 9.14. The van der Waals surface area contributed by atoms with Gasteiger partial charge in [-0.2, -0.15) is 0 Å². The van der Waals surface area contributed by atoms with Crippen LogP contribution in [0, 0.1) is 37.5 Å². The summed E-state index contributed by atoms with van der Waals surface area (Å²) in [5, 5.41) is 0.628. The number of amides is 2. The molecule has 7 heteroatoms. The van der Waals surface area contributed by atoms with E-state index in [1.54, 1.807) is 37.3 Å². The molecular formula is C36H30N2O5. The highest BCUT2D eigenvalue weighted by atomic mass is 16.5. The van der Waals surface area contributed by atoms with Gasteiger partial charge < -0.3 is 4.74 Å². The molecule has 4 aromatic rings. The Kier molecular flexibility index (Phi) is 6.34. The van der Waals surface area contributed by atoms with Crippen LogP contribution in [0.15, 0.2) is 84.9 Å². The minimum absolute atomic E-state index is 0.126. The highest BCUT2D eigenvalue weighted by Gasteiger charge is 2.59. The highest BCUT2D eigenvalue weighted by Crippen LogP contribution is 2.53. The number of ketones is 1. The molecule has 5 atom stereocenters. The van der Waals surface area contributed by atoms with Crippen LogP contribution in [0.5, 0.6) is 0 Å². The van der Waals surface area contributed by atoms with Gasteiger partial charge in [0.15, 0.2) is 6.10 Å². The molecule has 1 saturated carbocycles. The van der Waals surface area contributed by atoms with Gasteiger partial charge in [-0.25, -0.2) is 9.78 Å². The van der Waals surface area contributed by atoms with Crippen LogP contribution in [0.2, 0.25) is 0 Å². The molecule has 1 aromatic heterocycles. The van der Waals surface area contributed by atoms with E-state index < -0.39 is 12.1 Å². The van der Waals surface area contributed by atoms with Crippen molar-refractivity contribution in [2.75, 3.05) is 4.90 Å². The van der Waals surface area contributed by atoms with E-state index in [-0.39, 0.29) is 41.3 Å². The molecule has 7 nitrogen and oxygen atoms in total. The number of aromatic nitrogens is 1. The van der Waals surface area contributed by atoms with Crippen LogP contribution in [-0.4, -0.2) is 34.7 Å². The minimum Gasteiger partial charge on any atom is -0.451 e. The lowest BCUT2D eigenvalue weighted by molar-refractivity contribution is -0.123. The maximum absolute atomic E-state index is 13.5. The molecule has 0 N–H and O–H groups in total. The number of imide groups is 1. The van der Waals surface area contributed by atoms with Gasteiger partial charge in [-0.05, 0) is 62.8 Å². The fourth-order valence-electron chi connectivity index (χ4n) is 6.88. The summed E-state index contributed by atoms with van der Waals surface area (Å²) < 4.78 is 5.69. The zero-order valence-corrected chi connectivity index (χ0v) is 24.1. The molecule has 3 aliphatic rings. The van der Waals surface area contributed by atoms with Crippen molar-refractivity contribution in [1.82, 2.24) is 4.98 Å². The van der Waals surface area contributed by atoms with Gasteiger partial charge in [-0.1, -0.05) is 72.3 Å². The van der Waals surface area contributed by atoms with E-state index in [9.17, 15) is 19.2 Å². The predicted molar refractivity (Wildman–Crippen MR) is 163 cm³/mol. The van der Waals surface area contributed by atoms with Crippen molar-refractivity contribution in [3.63, 3.8) is 0 Å². The van der Waals surface area contributed by atoms with Gasteiger partial charge in [0, 0.05) is 16.5 Å². The number of fused-ring (bicyclic) bond motifs is 6. The smallest absolute Gasteiger partial charge is 0.339 e. The number of aryl methyl sites for hydroxylation is 2. The quantitative estimate of drug-likeness (QED) is 0.118. The van der Waals surface area contributed by atoms with E-state index >= 15 is 0 Å². The van der Waals surface area contributed by atoms with Gasteiger partial charge in [0.05, 0.1) is 34.3 Å². The topological polar surface area (TPSA) is 93.6 Å². The highest BCUT2D eigenvalue weighted by molar-refractivity contribution is 6.23. The number of Topliss-reactive ketones (excluding diaryl/α,β-unsaturated/α-hetero) is 1. The minimum atomic E-state index is -0.980. The Morgan fingerprint density at radius 1 is 0.884 bits per heavy atom. The maximum atomic E-state index is 13.5. The van der Waals surface area contributed by atoms with Gasteiger partial charge in [-0.15, -0.1) is 0 Å². The average molecular weight is 571 g/mol. The average Bonchev–Trinajstić information content (AvgIpc) is 3.70. The molecule has 2 bridgehead atoms. The lowest BCUT2D eigenvalue weighted by atomic mass is 9.85. The Morgan fingerprint density at radius 3 is 2.19 bits per heavy atom. The second kappa shape index (κ2) is 10.1. The molecule has 7 rings (SSSR count). The van der Waals surface area contributed by atoms with E-state index in [2.05, 4.69) is 12.2 Å². The molecule has 3 aromatic carbocycles. The van der Waals surface area contributed by atoms with Crippen molar-refractivity contribution in [1.29, 1.82) is 0 Å². The molecular weight excluding hydrogens is 540 g/mol. The van der Waals surface area contributed by atoms with Crippen LogP contribution in [-0.2, 0) is 14.3 Å². The predicted octanol–water partition coefficient (Wildman–Crippen LogP) is 6.26. The Balaban J connectivity index is 1.18. The first kappa shape index (κ1) is 27.0. The molecule has 2 fully saturated rings. The summed E-state index contributed by atoms with van der Waals surface area (Å²) >= 11 is 0. The Bertz CT molecular complexity index is 1830. The molecule has 0 unspecified atom stereocenters. The van der Waals surface area contributed by atoms with Gasteiger partial charge in [-0.3, -0.25) is 19.3 Å². The second-order valence-corrected chi connectivity index (χ2v) is 11.9. The first-order valence-corrected chi connectivity index (χ1v) is 14.6. The van der Waals surface area contributed by atoms with Crippen LogP contribution < -0.4 is 4.90 Å². The summed E-state index contributed by atoms with van der Waals surface area (Å²) in [7, 11) is 0. The molecule has 2 amide bonds. The molecule has 2 heterocycles. The van der Waals surface area contributed by atoms with Crippen molar-refractivity contribution in [3.8, 4) is 11.3 Å². The summed E-state index contributed by atoms with van der Waals surface area (Å²) in [5.74, 6) is -1.38. The van der Waals surface area contributed by atoms with Gasteiger partial charge in [0.25, 0.3) is 0 Å². The van der Waals surface area contributed by atoms with Gasteiger partial charge in [0.1, 0.15) is 0 Å². The van der Waals surface area contributed by atoms with Crippen molar-refractivity contribution in [2.45, 2.75) is 33.3 Å². The van der Waals surface area contributed by atoms with E-state index in [0.717, 1.165) is 17.5 Å². The van der Waals surface area contributed by atoms with E-state index in [1.807, 2.05) is 56.3 Å². The number of allylic oxidation sites excluding steroid dienone is 2. The Morgan fingerprint density at radius 2 is 1.53 bits per heavy atom. The third kappa shape index (κ3) is 4.38. The van der Waals surface area contributed by atoms with E-state index in [0.29, 0.717) is 39.0 Å². The number of pyridine rings is 1. The molecule has 0 radical (unpaired) electrons. The summed E-state index contributed by atoms with van der Waals surface area (Å²) in [4.78, 5) is 59.2. The second-order valence-electron chi connectivity index (χ2n) is 11.9. The van der Waals surface area contributed by atoms with Crippen LogP contribution in [0.1, 0.15) is 45.2 Å². The zero-order valence-electron chi connectivity index (χ0n) is 24.1. The fourth-order valence-corrected chi connectivity index (χ4v) is 6.88. The molecule has 1 saturated heterocycles.